The lowest BCUT2D eigenvalue weighted by molar-refractivity contribution is 0.0993. The van der Waals surface area contributed by atoms with Crippen molar-refractivity contribution in [2.45, 2.75) is 6.42 Å². The molecule has 0 fully saturated rings. The zero-order valence-electron chi connectivity index (χ0n) is 10.5. The number of hydrogen-bond donors (Lipinski definition) is 1. The van der Waals surface area contributed by atoms with Crippen LogP contribution in [-0.4, -0.2) is 12.9 Å². The number of ether oxygens (including phenoxy) is 1. The summed E-state index contributed by atoms with van der Waals surface area (Å²) in [6, 6.07) is 12.3. The second kappa shape index (κ2) is 5.76. The van der Waals surface area contributed by atoms with Gasteiger partial charge in [-0.15, -0.1) is 0 Å². The highest BCUT2D eigenvalue weighted by Crippen LogP contribution is 2.23. The minimum atomic E-state index is -0.0568. The number of nitrogens with two attached hydrogens (primary N) is 1. The second-order valence-electron chi connectivity index (χ2n) is 4.14. The van der Waals surface area contributed by atoms with Crippen LogP contribution in [0.1, 0.15) is 15.9 Å². The summed E-state index contributed by atoms with van der Waals surface area (Å²) in [4.78, 5) is 12.2. The first kappa shape index (κ1) is 13.4. The average molecular weight is 276 g/mol. The van der Waals surface area contributed by atoms with E-state index >= 15 is 0 Å². The van der Waals surface area contributed by atoms with Crippen molar-refractivity contribution in [2.24, 2.45) is 0 Å². The summed E-state index contributed by atoms with van der Waals surface area (Å²) >= 11 is 5.82. The van der Waals surface area contributed by atoms with E-state index in [-0.39, 0.29) is 12.2 Å². The van der Waals surface area contributed by atoms with Gasteiger partial charge in [0.25, 0.3) is 0 Å². The summed E-state index contributed by atoms with van der Waals surface area (Å²) in [7, 11) is 1.58. The number of methoxy groups -OCH3 is 1. The summed E-state index contributed by atoms with van der Waals surface area (Å²) in [6.45, 7) is 0. The molecule has 0 spiro atoms. The molecule has 0 saturated carbocycles. The number of para-hydroxylation sites is 1. The normalized spacial score (nSPS) is 10.2. The SMILES string of the molecule is COc1ccccc1CC(=O)c1ccc(Cl)cc1N. The first-order valence-corrected chi connectivity index (χ1v) is 6.19. The molecule has 0 amide bonds. The van der Waals surface area contributed by atoms with Gasteiger partial charge in [0.15, 0.2) is 5.78 Å². The van der Waals surface area contributed by atoms with Gasteiger partial charge >= 0.3 is 0 Å². The molecule has 3 nitrogen and oxygen atoms in total. The number of rotatable bonds is 4. The number of benzene rings is 2. The van der Waals surface area contributed by atoms with Crippen molar-refractivity contribution in [3.05, 3.63) is 58.6 Å². The largest absolute Gasteiger partial charge is 0.496 e. The topological polar surface area (TPSA) is 52.3 Å². The van der Waals surface area contributed by atoms with Gasteiger partial charge in [0.1, 0.15) is 5.75 Å². The summed E-state index contributed by atoms with van der Waals surface area (Å²) in [5.74, 6) is 0.641. The zero-order chi connectivity index (χ0) is 13.8. The van der Waals surface area contributed by atoms with E-state index in [1.807, 2.05) is 24.3 Å². The number of nitrogen functional groups attached to an aromatic ring is 1. The van der Waals surface area contributed by atoms with E-state index in [0.29, 0.717) is 22.0 Å². The Balaban J connectivity index is 2.26. The Hall–Kier alpha value is -2.00. The fourth-order valence-electron chi connectivity index (χ4n) is 1.90. The molecular formula is C15H14ClNO2. The summed E-state index contributed by atoms with van der Waals surface area (Å²) in [5, 5.41) is 0.520. The third-order valence-corrected chi connectivity index (χ3v) is 3.09. The van der Waals surface area contributed by atoms with Gasteiger partial charge in [-0.3, -0.25) is 4.79 Å². The van der Waals surface area contributed by atoms with Crippen LogP contribution in [0, 0.1) is 0 Å². The molecule has 2 aromatic carbocycles. The molecule has 2 aromatic rings. The maximum atomic E-state index is 12.2. The van der Waals surface area contributed by atoms with E-state index in [2.05, 4.69) is 0 Å². The standard InChI is InChI=1S/C15H14ClNO2/c1-19-15-5-3-2-4-10(15)8-14(18)12-7-6-11(16)9-13(12)17/h2-7,9H,8,17H2,1H3. The van der Waals surface area contributed by atoms with E-state index in [0.717, 1.165) is 5.56 Å². The van der Waals surface area contributed by atoms with Gasteiger partial charge in [-0.05, 0) is 24.3 Å². The van der Waals surface area contributed by atoms with Crippen LogP contribution in [0.4, 0.5) is 5.69 Å². The first-order chi connectivity index (χ1) is 9.11. The molecule has 2 rings (SSSR count). The Kier molecular flexibility index (Phi) is 4.07. The average Bonchev–Trinajstić information content (AvgIpc) is 2.39. The molecule has 98 valence electrons. The van der Waals surface area contributed by atoms with Crippen LogP contribution in [0.2, 0.25) is 5.02 Å². The van der Waals surface area contributed by atoms with Crippen molar-refractivity contribution in [3.8, 4) is 5.75 Å². The molecular weight excluding hydrogens is 262 g/mol. The molecule has 0 aliphatic rings. The van der Waals surface area contributed by atoms with Gasteiger partial charge in [-0.25, -0.2) is 0 Å². The Morgan fingerprint density at radius 3 is 2.68 bits per heavy atom. The fraction of sp³-hybridized carbons (Fsp3) is 0.133. The molecule has 0 atom stereocenters. The second-order valence-corrected chi connectivity index (χ2v) is 4.58. The van der Waals surface area contributed by atoms with Gasteiger partial charge in [0.2, 0.25) is 0 Å². The monoisotopic (exact) mass is 275 g/mol. The fourth-order valence-corrected chi connectivity index (χ4v) is 2.09. The highest BCUT2D eigenvalue weighted by molar-refractivity contribution is 6.31. The number of Topliss-reactive ketones (excluding diaryl/α,β-unsaturated/α-hetero) is 1. The minimum absolute atomic E-state index is 0.0568. The lowest BCUT2D eigenvalue weighted by Gasteiger charge is -2.09. The molecule has 2 N–H and O–H groups in total. The van der Waals surface area contributed by atoms with Gasteiger partial charge in [0.05, 0.1) is 7.11 Å². The molecule has 0 bridgehead atoms. The third kappa shape index (κ3) is 3.06. The lowest BCUT2D eigenvalue weighted by atomic mass is 10.0. The smallest absolute Gasteiger partial charge is 0.169 e. The van der Waals surface area contributed by atoms with E-state index in [1.165, 1.54) is 0 Å². The van der Waals surface area contributed by atoms with Crippen LogP contribution < -0.4 is 10.5 Å². The predicted octanol–water partition coefficient (Wildman–Crippen LogP) is 3.36. The van der Waals surface area contributed by atoms with Crippen LogP contribution in [0.15, 0.2) is 42.5 Å². The number of anilines is 1. The summed E-state index contributed by atoms with van der Waals surface area (Å²) in [6.07, 6.45) is 0.246. The Morgan fingerprint density at radius 1 is 1.26 bits per heavy atom. The molecule has 0 aromatic heterocycles. The van der Waals surface area contributed by atoms with Crippen molar-refractivity contribution in [1.82, 2.24) is 0 Å². The molecule has 0 saturated heterocycles. The maximum absolute atomic E-state index is 12.2. The molecule has 0 radical (unpaired) electrons. The minimum Gasteiger partial charge on any atom is -0.496 e. The lowest BCUT2D eigenvalue weighted by Crippen LogP contribution is -2.07. The van der Waals surface area contributed by atoms with E-state index in [1.54, 1.807) is 25.3 Å². The first-order valence-electron chi connectivity index (χ1n) is 5.82. The Bertz CT molecular complexity index is 611. The van der Waals surface area contributed by atoms with Crippen LogP contribution in [0.3, 0.4) is 0 Å². The Labute approximate surface area is 117 Å². The quantitative estimate of drug-likeness (QED) is 0.688. The Morgan fingerprint density at radius 2 is 2.00 bits per heavy atom. The van der Waals surface area contributed by atoms with Gasteiger partial charge < -0.3 is 10.5 Å². The van der Waals surface area contributed by atoms with Crippen LogP contribution in [0.25, 0.3) is 0 Å². The number of carbonyl (C=O) groups excluding carboxylic acids is 1. The molecule has 0 heterocycles. The maximum Gasteiger partial charge on any atom is 0.169 e. The van der Waals surface area contributed by atoms with Crippen molar-refractivity contribution in [1.29, 1.82) is 0 Å². The van der Waals surface area contributed by atoms with E-state index < -0.39 is 0 Å². The van der Waals surface area contributed by atoms with Gasteiger partial charge in [0, 0.05) is 28.3 Å². The highest BCUT2D eigenvalue weighted by atomic mass is 35.5. The van der Waals surface area contributed by atoms with Crippen molar-refractivity contribution >= 4 is 23.1 Å². The zero-order valence-corrected chi connectivity index (χ0v) is 11.3. The molecule has 19 heavy (non-hydrogen) atoms. The number of hydrogen-bond acceptors (Lipinski definition) is 3. The molecule has 4 heteroatoms. The van der Waals surface area contributed by atoms with Gasteiger partial charge in [-0.2, -0.15) is 0 Å². The summed E-state index contributed by atoms with van der Waals surface area (Å²) in [5.41, 5.74) is 7.52. The molecule has 0 aliphatic heterocycles. The molecule has 0 unspecified atom stereocenters. The summed E-state index contributed by atoms with van der Waals surface area (Å²) < 4.78 is 5.23. The van der Waals surface area contributed by atoms with Crippen molar-refractivity contribution in [3.63, 3.8) is 0 Å². The number of ketones is 1. The van der Waals surface area contributed by atoms with Crippen LogP contribution in [0.5, 0.6) is 5.75 Å². The van der Waals surface area contributed by atoms with Crippen molar-refractivity contribution in [2.75, 3.05) is 12.8 Å². The van der Waals surface area contributed by atoms with E-state index in [4.69, 9.17) is 22.1 Å². The van der Waals surface area contributed by atoms with Gasteiger partial charge in [-0.1, -0.05) is 29.8 Å². The van der Waals surface area contributed by atoms with Crippen molar-refractivity contribution < 1.29 is 9.53 Å². The number of carbonyl (C=O) groups is 1. The predicted molar refractivity (Wildman–Crippen MR) is 76.9 cm³/mol. The number of halogens is 1. The van der Waals surface area contributed by atoms with Crippen LogP contribution in [-0.2, 0) is 6.42 Å². The van der Waals surface area contributed by atoms with E-state index in [9.17, 15) is 4.79 Å². The molecule has 0 aliphatic carbocycles. The van der Waals surface area contributed by atoms with Crippen LogP contribution >= 0.6 is 11.6 Å². The third-order valence-electron chi connectivity index (χ3n) is 2.86. The highest BCUT2D eigenvalue weighted by Gasteiger charge is 2.13.